The normalized spacial score (nSPS) is 39.3. The average molecular weight is 975 g/mol. The molecule has 2 amide bonds. The first-order chi connectivity index (χ1) is 33.8. The first-order valence-corrected chi connectivity index (χ1v) is 31.4. The summed E-state index contributed by atoms with van der Waals surface area (Å²) in [5.74, 6) is 6.54. The lowest BCUT2D eigenvalue weighted by Gasteiger charge is -2.62. The first kappa shape index (κ1) is 55.1. The topological polar surface area (TPSA) is 93.1 Å². The molecule has 13 unspecified atom stereocenters. The summed E-state index contributed by atoms with van der Waals surface area (Å²) in [6.45, 7) is 15.0. The molecular formula is C63H111N3O4. The molecule has 0 spiro atoms. The van der Waals surface area contributed by atoms with E-state index in [1.165, 1.54) is 148 Å². The molecule has 0 aromatic heterocycles. The number of likely N-dealkylation sites (tertiary alicyclic amines) is 1. The number of carbonyl (C=O) groups is 2. The monoisotopic (exact) mass is 974 g/mol. The quantitative estimate of drug-likeness (QED) is 0.0751. The minimum absolute atomic E-state index is 0.0672. The molecular weight excluding hydrogens is 863 g/mol. The zero-order valence-corrected chi connectivity index (χ0v) is 46.6. The van der Waals surface area contributed by atoms with Gasteiger partial charge in [-0.3, -0.25) is 9.59 Å². The molecule has 1 saturated heterocycles. The van der Waals surface area contributed by atoms with Gasteiger partial charge in [-0.05, 0) is 224 Å². The Morgan fingerprint density at radius 3 is 1.87 bits per heavy atom. The van der Waals surface area contributed by atoms with Crippen LogP contribution in [0.4, 0.5) is 0 Å². The summed E-state index contributed by atoms with van der Waals surface area (Å²) >= 11 is 0. The van der Waals surface area contributed by atoms with E-state index < -0.39 is 0 Å². The molecule has 9 aliphatic rings. The molecule has 0 radical (unpaired) electrons. The van der Waals surface area contributed by atoms with Gasteiger partial charge in [0.15, 0.2) is 0 Å². The number of nitrogens with zero attached hydrogens (tertiary/aromatic N) is 2. The van der Waals surface area contributed by atoms with Crippen LogP contribution in [-0.2, 0) is 9.59 Å². The van der Waals surface area contributed by atoms with Crippen LogP contribution in [0.2, 0.25) is 0 Å². The van der Waals surface area contributed by atoms with Crippen molar-refractivity contribution in [1.29, 1.82) is 0 Å². The van der Waals surface area contributed by atoms with Crippen molar-refractivity contribution in [3.8, 4) is 0 Å². The Hall–Kier alpha value is -1.18. The second kappa shape index (κ2) is 25.1. The fourth-order valence-corrected chi connectivity index (χ4v) is 19.5. The second-order valence-electron chi connectivity index (χ2n) is 27.8. The van der Waals surface area contributed by atoms with E-state index in [0.717, 1.165) is 108 Å². The molecule has 8 aliphatic carbocycles. The van der Waals surface area contributed by atoms with E-state index in [4.69, 9.17) is 0 Å². The van der Waals surface area contributed by atoms with E-state index in [1.807, 2.05) is 0 Å². The SMILES string of the molecule is CCCCCCCCCCC(CCCCCCCC)CN(C(=O)CCC(C)C1CCC2C3CC(O)C4CC(O)CCC4(C)C3CCC12C)C(C(=O)NC12CC3CC(CC(C3)C1)C2)C1CCCN(C)CC1. The van der Waals surface area contributed by atoms with Gasteiger partial charge in [0.2, 0.25) is 11.8 Å². The van der Waals surface area contributed by atoms with Crippen molar-refractivity contribution in [1.82, 2.24) is 15.1 Å². The fraction of sp³-hybridized carbons (Fsp3) is 0.968. The second-order valence-corrected chi connectivity index (χ2v) is 27.8. The lowest BCUT2D eigenvalue weighted by molar-refractivity contribution is -0.172. The number of amides is 2. The molecule has 402 valence electrons. The minimum Gasteiger partial charge on any atom is -0.393 e. The summed E-state index contributed by atoms with van der Waals surface area (Å²) in [6, 6.07) is -0.375. The molecule has 9 rings (SSSR count). The molecule has 4 bridgehead atoms. The largest absolute Gasteiger partial charge is 0.393 e. The Kier molecular flexibility index (Phi) is 19.8. The molecule has 0 aromatic rings. The van der Waals surface area contributed by atoms with Crippen molar-refractivity contribution in [3.63, 3.8) is 0 Å². The first-order valence-electron chi connectivity index (χ1n) is 31.4. The lowest BCUT2D eigenvalue weighted by Crippen LogP contribution is -2.64. The third-order valence-corrected chi connectivity index (χ3v) is 22.9. The Labute approximate surface area is 430 Å². The molecule has 7 nitrogen and oxygen atoms in total. The van der Waals surface area contributed by atoms with Gasteiger partial charge in [-0.15, -0.1) is 0 Å². The molecule has 7 heteroatoms. The highest BCUT2D eigenvalue weighted by Gasteiger charge is 2.62. The lowest BCUT2D eigenvalue weighted by atomic mass is 9.44. The third-order valence-electron chi connectivity index (χ3n) is 22.9. The van der Waals surface area contributed by atoms with E-state index >= 15 is 9.59 Å². The summed E-state index contributed by atoms with van der Waals surface area (Å²) in [5, 5.41) is 26.3. The summed E-state index contributed by atoms with van der Waals surface area (Å²) in [5.41, 5.74) is 0.308. The number of aliphatic hydroxyl groups is 2. The fourth-order valence-electron chi connectivity index (χ4n) is 19.5. The zero-order valence-electron chi connectivity index (χ0n) is 46.6. The van der Waals surface area contributed by atoms with Gasteiger partial charge in [0.05, 0.1) is 12.2 Å². The molecule has 3 N–H and O–H groups in total. The van der Waals surface area contributed by atoms with Gasteiger partial charge in [-0.25, -0.2) is 0 Å². The number of rotatable bonds is 26. The van der Waals surface area contributed by atoms with Gasteiger partial charge in [0.1, 0.15) is 6.04 Å². The summed E-state index contributed by atoms with van der Waals surface area (Å²) in [7, 11) is 2.26. The average Bonchev–Trinajstić information content (AvgIpc) is 3.54. The van der Waals surface area contributed by atoms with Gasteiger partial charge in [-0.2, -0.15) is 0 Å². The Balaban J connectivity index is 1.01. The van der Waals surface area contributed by atoms with Crippen LogP contribution in [-0.4, -0.2) is 82.3 Å². The van der Waals surface area contributed by atoms with Gasteiger partial charge >= 0.3 is 0 Å². The van der Waals surface area contributed by atoms with Crippen LogP contribution < -0.4 is 5.32 Å². The Bertz CT molecular complexity index is 1600. The maximum atomic E-state index is 15.7. The molecule has 1 heterocycles. The molecule has 9 fully saturated rings. The smallest absolute Gasteiger partial charge is 0.243 e. The number of carbonyl (C=O) groups excluding carboxylic acids is 2. The molecule has 0 aromatic carbocycles. The maximum Gasteiger partial charge on any atom is 0.243 e. The van der Waals surface area contributed by atoms with Crippen molar-refractivity contribution >= 4 is 11.8 Å². The van der Waals surface area contributed by atoms with Crippen LogP contribution in [0.25, 0.3) is 0 Å². The number of fused-ring (bicyclic) bond motifs is 5. The number of aliphatic hydroxyl groups excluding tert-OH is 2. The van der Waals surface area contributed by atoms with Gasteiger partial charge in [-0.1, -0.05) is 125 Å². The van der Waals surface area contributed by atoms with Gasteiger partial charge in [0.25, 0.3) is 0 Å². The predicted molar refractivity (Wildman–Crippen MR) is 289 cm³/mol. The highest BCUT2D eigenvalue weighted by molar-refractivity contribution is 5.88. The van der Waals surface area contributed by atoms with Crippen LogP contribution >= 0.6 is 0 Å². The molecule has 13 atom stereocenters. The summed E-state index contributed by atoms with van der Waals surface area (Å²) in [6.07, 6.45) is 41.0. The van der Waals surface area contributed by atoms with Crippen LogP contribution in [0.1, 0.15) is 259 Å². The standard InChI is InChI=1S/C63H111N3O4/c1-7-9-11-13-15-16-18-20-23-46(22-19-17-14-12-10-8-2)44-66(59(50-24-21-34-65(6)35-31-50)60(70)64-63-41-47-36-48(42-63)38-49(37-47)43-63)58(69)28-25-45(3)53-26-27-54-52-40-57(68)56-39-51(67)29-32-62(56,5)55(52)30-33-61(53,54)4/h45-57,59,67-68H,7-44H2,1-6H3,(H,64,70). The highest BCUT2D eigenvalue weighted by atomic mass is 16.3. The molecule has 8 saturated carbocycles. The van der Waals surface area contributed by atoms with E-state index in [1.54, 1.807) is 0 Å². The van der Waals surface area contributed by atoms with Crippen molar-refractivity contribution < 1.29 is 19.8 Å². The van der Waals surface area contributed by atoms with Crippen molar-refractivity contribution in [2.45, 2.75) is 283 Å². The van der Waals surface area contributed by atoms with E-state index in [0.29, 0.717) is 41.9 Å². The summed E-state index contributed by atoms with van der Waals surface area (Å²) < 4.78 is 0. The van der Waals surface area contributed by atoms with Gasteiger partial charge < -0.3 is 25.3 Å². The third kappa shape index (κ3) is 12.9. The van der Waals surface area contributed by atoms with E-state index in [-0.39, 0.29) is 58.3 Å². The summed E-state index contributed by atoms with van der Waals surface area (Å²) in [4.78, 5) is 36.2. The number of unbranched alkanes of at least 4 members (excludes halogenated alkanes) is 12. The highest BCUT2D eigenvalue weighted by Crippen LogP contribution is 2.68. The Morgan fingerprint density at radius 2 is 1.24 bits per heavy atom. The van der Waals surface area contributed by atoms with Gasteiger partial charge in [0, 0.05) is 18.5 Å². The van der Waals surface area contributed by atoms with Crippen LogP contribution in [0, 0.1) is 75.9 Å². The van der Waals surface area contributed by atoms with Crippen LogP contribution in [0.3, 0.4) is 0 Å². The van der Waals surface area contributed by atoms with Crippen molar-refractivity contribution in [2.24, 2.45) is 75.9 Å². The van der Waals surface area contributed by atoms with Crippen LogP contribution in [0.5, 0.6) is 0 Å². The van der Waals surface area contributed by atoms with E-state index in [2.05, 4.69) is 56.8 Å². The van der Waals surface area contributed by atoms with Crippen LogP contribution in [0.15, 0.2) is 0 Å². The predicted octanol–water partition coefficient (Wildman–Crippen LogP) is 14.3. The minimum atomic E-state index is -0.375. The van der Waals surface area contributed by atoms with Crippen molar-refractivity contribution in [3.05, 3.63) is 0 Å². The number of hydrogen-bond donors (Lipinski definition) is 3. The molecule has 1 aliphatic heterocycles. The maximum absolute atomic E-state index is 15.7. The number of hydrogen-bond acceptors (Lipinski definition) is 5. The Morgan fingerprint density at radius 1 is 0.657 bits per heavy atom. The molecule has 70 heavy (non-hydrogen) atoms. The zero-order chi connectivity index (χ0) is 49.5. The van der Waals surface area contributed by atoms with Crippen molar-refractivity contribution in [2.75, 3.05) is 26.7 Å². The number of nitrogens with one attached hydrogen (secondary N) is 1. The van der Waals surface area contributed by atoms with E-state index in [9.17, 15) is 10.2 Å².